The molecule has 1 aliphatic rings. The summed E-state index contributed by atoms with van der Waals surface area (Å²) in [5.74, 6) is -0.0839. The Balaban J connectivity index is 2.04. The summed E-state index contributed by atoms with van der Waals surface area (Å²) in [6.07, 6.45) is 7.96. The third kappa shape index (κ3) is 5.05. The number of benzene rings is 1. The van der Waals surface area contributed by atoms with E-state index in [0.29, 0.717) is 17.4 Å². The van der Waals surface area contributed by atoms with Crippen LogP contribution in [0.5, 0.6) is 17.2 Å². The first-order valence-corrected chi connectivity index (χ1v) is 8.87. The maximum atomic E-state index is 10.5. The Morgan fingerprint density at radius 1 is 1.00 bits per heavy atom. The molecule has 1 aromatic rings. The van der Waals surface area contributed by atoms with Crippen LogP contribution < -0.4 is 0 Å². The number of rotatable bonds is 7. The lowest BCUT2D eigenvalue weighted by Gasteiger charge is -2.19. The third-order valence-electron chi connectivity index (χ3n) is 5.11. The largest absolute Gasteiger partial charge is 0.507 e. The number of hydrogen-bond acceptors (Lipinski definition) is 3. The zero-order valence-corrected chi connectivity index (χ0v) is 15.1. The summed E-state index contributed by atoms with van der Waals surface area (Å²) in [4.78, 5) is 0. The fraction of sp³-hybridized carbons (Fsp3) is 0.700. The summed E-state index contributed by atoms with van der Waals surface area (Å²) in [6.45, 7) is 8.88. The average molecular weight is 320 g/mol. The molecule has 1 aromatic carbocycles. The van der Waals surface area contributed by atoms with Gasteiger partial charge in [0.1, 0.15) is 5.75 Å². The van der Waals surface area contributed by atoms with Gasteiger partial charge >= 0.3 is 0 Å². The van der Waals surface area contributed by atoms with E-state index in [4.69, 9.17) is 0 Å². The van der Waals surface area contributed by atoms with Gasteiger partial charge in [0.05, 0.1) is 0 Å². The third-order valence-corrected chi connectivity index (χ3v) is 5.11. The molecule has 1 aliphatic carbocycles. The van der Waals surface area contributed by atoms with Crippen LogP contribution >= 0.6 is 0 Å². The molecule has 0 unspecified atom stereocenters. The lowest BCUT2D eigenvalue weighted by atomic mass is 9.88. The Morgan fingerprint density at radius 3 is 2.22 bits per heavy atom. The molecule has 1 saturated carbocycles. The van der Waals surface area contributed by atoms with Crippen LogP contribution in [0.3, 0.4) is 0 Å². The molecule has 0 spiro atoms. The Bertz CT molecular complexity index is 551. The maximum Gasteiger partial charge on any atom is 0.164 e. The highest BCUT2D eigenvalue weighted by molar-refractivity contribution is 5.56. The van der Waals surface area contributed by atoms with E-state index in [1.165, 1.54) is 18.9 Å². The first-order chi connectivity index (χ1) is 10.6. The van der Waals surface area contributed by atoms with E-state index in [9.17, 15) is 15.3 Å². The van der Waals surface area contributed by atoms with Crippen molar-refractivity contribution in [2.45, 2.75) is 79.1 Å². The van der Waals surface area contributed by atoms with E-state index < -0.39 is 0 Å². The van der Waals surface area contributed by atoms with Crippen molar-refractivity contribution in [1.29, 1.82) is 0 Å². The van der Waals surface area contributed by atoms with Gasteiger partial charge in [-0.15, -0.1) is 0 Å². The van der Waals surface area contributed by atoms with Crippen molar-refractivity contribution in [1.82, 2.24) is 0 Å². The van der Waals surface area contributed by atoms with Gasteiger partial charge in [-0.3, -0.25) is 0 Å². The van der Waals surface area contributed by atoms with E-state index in [1.807, 2.05) is 0 Å². The van der Waals surface area contributed by atoms with Crippen LogP contribution in [0.4, 0.5) is 0 Å². The molecular weight excluding hydrogens is 288 g/mol. The highest BCUT2D eigenvalue weighted by Crippen LogP contribution is 2.49. The van der Waals surface area contributed by atoms with Crippen LogP contribution in [0.1, 0.15) is 77.3 Å². The molecule has 23 heavy (non-hydrogen) atoms. The normalized spacial score (nSPS) is 16.5. The van der Waals surface area contributed by atoms with Gasteiger partial charge in [0.2, 0.25) is 0 Å². The van der Waals surface area contributed by atoms with Crippen LogP contribution in [0, 0.1) is 10.8 Å². The van der Waals surface area contributed by atoms with Gasteiger partial charge in [0.15, 0.2) is 11.5 Å². The lowest BCUT2D eigenvalue weighted by Crippen LogP contribution is -2.05. The minimum Gasteiger partial charge on any atom is -0.507 e. The van der Waals surface area contributed by atoms with Crippen molar-refractivity contribution >= 4 is 0 Å². The summed E-state index contributed by atoms with van der Waals surface area (Å²) in [5, 5.41) is 30.6. The van der Waals surface area contributed by atoms with Crippen molar-refractivity contribution in [3.05, 3.63) is 17.2 Å². The summed E-state index contributed by atoms with van der Waals surface area (Å²) in [7, 11) is 0. The van der Waals surface area contributed by atoms with Gasteiger partial charge < -0.3 is 15.3 Å². The highest BCUT2D eigenvalue weighted by atomic mass is 16.3. The minimum atomic E-state index is -0.150. The number of aromatic hydroxyl groups is 3. The van der Waals surface area contributed by atoms with Crippen molar-refractivity contribution in [2.75, 3.05) is 0 Å². The van der Waals surface area contributed by atoms with Crippen LogP contribution in [0.2, 0.25) is 0 Å². The van der Waals surface area contributed by atoms with E-state index in [0.717, 1.165) is 37.7 Å². The van der Waals surface area contributed by atoms with E-state index in [1.54, 1.807) is 0 Å². The van der Waals surface area contributed by atoms with Gasteiger partial charge in [-0.1, -0.05) is 27.7 Å². The van der Waals surface area contributed by atoms with E-state index in [-0.39, 0.29) is 22.7 Å². The van der Waals surface area contributed by atoms with Crippen LogP contribution in [-0.4, -0.2) is 15.3 Å². The van der Waals surface area contributed by atoms with Crippen molar-refractivity contribution in [2.24, 2.45) is 10.8 Å². The van der Waals surface area contributed by atoms with Gasteiger partial charge in [-0.25, -0.2) is 0 Å². The smallest absolute Gasteiger partial charge is 0.164 e. The molecule has 1 fully saturated rings. The van der Waals surface area contributed by atoms with Gasteiger partial charge in [0.25, 0.3) is 0 Å². The van der Waals surface area contributed by atoms with E-state index >= 15 is 0 Å². The molecule has 0 saturated heterocycles. The Labute approximate surface area is 140 Å². The quantitative estimate of drug-likeness (QED) is 0.472. The Kier molecular flexibility index (Phi) is 5.17. The van der Waals surface area contributed by atoms with Crippen LogP contribution in [0.15, 0.2) is 6.07 Å². The summed E-state index contributed by atoms with van der Waals surface area (Å²) < 4.78 is 0. The van der Waals surface area contributed by atoms with Gasteiger partial charge in [-0.05, 0) is 73.8 Å². The van der Waals surface area contributed by atoms with Gasteiger partial charge in [0, 0.05) is 5.56 Å². The lowest BCUT2D eigenvalue weighted by molar-refractivity contribution is 0.361. The number of phenolic OH excluding ortho intramolecular Hbond substituents is 3. The van der Waals surface area contributed by atoms with E-state index in [2.05, 4.69) is 27.7 Å². The standard InChI is InChI=1S/C20H32O3/c1-19(2,3)9-5-7-14-13-16(21)18(23)15(17(14)22)8-6-10-20(4)11-12-20/h13,21-23H,5-12H2,1-4H3. The van der Waals surface area contributed by atoms with Crippen molar-refractivity contribution < 1.29 is 15.3 Å². The molecular formula is C20H32O3. The van der Waals surface area contributed by atoms with Crippen molar-refractivity contribution in [3.63, 3.8) is 0 Å². The number of aryl methyl sites for hydroxylation is 1. The molecule has 0 heterocycles. The number of hydrogen-bond donors (Lipinski definition) is 3. The highest BCUT2D eigenvalue weighted by Gasteiger charge is 2.36. The summed E-state index contributed by atoms with van der Waals surface area (Å²) in [6, 6.07) is 1.51. The zero-order valence-electron chi connectivity index (χ0n) is 15.1. The minimum absolute atomic E-state index is 0.110. The molecule has 3 nitrogen and oxygen atoms in total. The molecule has 0 amide bonds. The SMILES string of the molecule is CC(C)(C)CCCc1cc(O)c(O)c(CCCC2(C)CC2)c1O. The first kappa shape index (κ1) is 18.0. The summed E-state index contributed by atoms with van der Waals surface area (Å²) in [5.41, 5.74) is 1.99. The Morgan fingerprint density at radius 2 is 1.65 bits per heavy atom. The molecule has 130 valence electrons. The fourth-order valence-corrected chi connectivity index (χ4v) is 3.15. The zero-order chi connectivity index (χ0) is 17.3. The molecule has 0 atom stereocenters. The monoisotopic (exact) mass is 320 g/mol. The fourth-order valence-electron chi connectivity index (χ4n) is 3.15. The second-order valence-corrected chi connectivity index (χ2v) is 8.81. The van der Waals surface area contributed by atoms with Crippen LogP contribution in [0.25, 0.3) is 0 Å². The topological polar surface area (TPSA) is 60.7 Å². The second kappa shape index (κ2) is 6.62. The molecule has 3 N–H and O–H groups in total. The first-order valence-electron chi connectivity index (χ1n) is 8.87. The molecule has 0 bridgehead atoms. The molecule has 2 rings (SSSR count). The van der Waals surface area contributed by atoms with Crippen LogP contribution in [-0.2, 0) is 12.8 Å². The second-order valence-electron chi connectivity index (χ2n) is 8.81. The predicted octanol–water partition coefficient (Wildman–Crippen LogP) is 5.30. The predicted molar refractivity (Wildman–Crippen MR) is 94.1 cm³/mol. The maximum absolute atomic E-state index is 10.5. The Hall–Kier alpha value is -1.38. The van der Waals surface area contributed by atoms with Crippen molar-refractivity contribution in [3.8, 4) is 17.2 Å². The molecule has 0 aromatic heterocycles. The molecule has 3 heteroatoms. The average Bonchev–Trinajstić information content (AvgIpc) is 3.16. The molecule has 0 radical (unpaired) electrons. The number of phenols is 3. The van der Waals surface area contributed by atoms with Gasteiger partial charge in [-0.2, -0.15) is 0 Å². The molecule has 0 aliphatic heterocycles. The summed E-state index contributed by atoms with van der Waals surface area (Å²) >= 11 is 0.